The minimum atomic E-state index is -0.312. The molecule has 2 rings (SSSR count). The van der Waals surface area contributed by atoms with Gasteiger partial charge in [-0.05, 0) is 31.0 Å². The zero-order chi connectivity index (χ0) is 18.2. The molecule has 6 heteroatoms. The lowest BCUT2D eigenvalue weighted by Crippen LogP contribution is -2.22. The van der Waals surface area contributed by atoms with E-state index in [2.05, 4.69) is 12.2 Å². The molecule has 1 aromatic carbocycles. The molecular formula is C19H23ClN2O2S. The first-order chi connectivity index (χ1) is 12.1. The van der Waals surface area contributed by atoms with E-state index in [0.29, 0.717) is 21.2 Å². The number of hydrogen-bond acceptors (Lipinski definition) is 4. The summed E-state index contributed by atoms with van der Waals surface area (Å²) in [5, 5.41) is 3.69. The quantitative estimate of drug-likeness (QED) is 0.492. The second-order valence-corrected chi connectivity index (χ2v) is 7.37. The molecule has 134 valence electrons. The van der Waals surface area contributed by atoms with Gasteiger partial charge in [0.05, 0.1) is 17.1 Å². The number of benzene rings is 1. The van der Waals surface area contributed by atoms with Crippen molar-refractivity contribution in [2.75, 3.05) is 11.9 Å². The summed E-state index contributed by atoms with van der Waals surface area (Å²) in [7, 11) is 0. The number of unbranched alkanes of at least 4 members (excludes halogenated alkanes) is 3. The van der Waals surface area contributed by atoms with Gasteiger partial charge < -0.3 is 11.1 Å². The normalized spacial score (nSPS) is 10.7. The van der Waals surface area contributed by atoms with Crippen LogP contribution in [0.3, 0.4) is 0 Å². The van der Waals surface area contributed by atoms with Gasteiger partial charge in [0.15, 0.2) is 5.78 Å². The standard InChI is InChI=1S/C19H23ClN2O2S/c1-2-3-4-5-8-13-11-15(19(25-13)22-17(23)12-21)18(24)14-9-6-7-10-16(14)20/h6-7,9-11H,2-5,8,12,21H2,1H3,(H,22,23). The smallest absolute Gasteiger partial charge is 0.238 e. The Hall–Kier alpha value is -1.69. The first kappa shape index (κ1) is 19.6. The van der Waals surface area contributed by atoms with E-state index >= 15 is 0 Å². The van der Waals surface area contributed by atoms with Gasteiger partial charge in [-0.1, -0.05) is 49.9 Å². The van der Waals surface area contributed by atoms with Crippen molar-refractivity contribution < 1.29 is 9.59 Å². The topological polar surface area (TPSA) is 72.2 Å². The Morgan fingerprint density at radius 1 is 1.16 bits per heavy atom. The summed E-state index contributed by atoms with van der Waals surface area (Å²) in [5.41, 5.74) is 6.30. The van der Waals surface area contributed by atoms with Crippen LogP contribution in [0.4, 0.5) is 5.00 Å². The Bertz CT molecular complexity index is 743. The molecule has 0 radical (unpaired) electrons. The zero-order valence-electron chi connectivity index (χ0n) is 14.3. The van der Waals surface area contributed by atoms with Gasteiger partial charge in [-0.3, -0.25) is 9.59 Å². The van der Waals surface area contributed by atoms with E-state index in [1.54, 1.807) is 24.3 Å². The highest BCUT2D eigenvalue weighted by Gasteiger charge is 2.20. The number of nitrogens with one attached hydrogen (secondary N) is 1. The molecule has 0 saturated heterocycles. The number of carbonyl (C=O) groups excluding carboxylic acids is 2. The van der Waals surface area contributed by atoms with Gasteiger partial charge >= 0.3 is 0 Å². The Kier molecular flexibility index (Phi) is 7.62. The van der Waals surface area contributed by atoms with Crippen LogP contribution in [0, 0.1) is 0 Å². The fourth-order valence-corrected chi connectivity index (χ4v) is 3.85. The van der Waals surface area contributed by atoms with Crippen molar-refractivity contribution in [1.29, 1.82) is 0 Å². The monoisotopic (exact) mass is 378 g/mol. The maximum Gasteiger partial charge on any atom is 0.238 e. The van der Waals surface area contributed by atoms with Crippen LogP contribution in [0.1, 0.15) is 53.4 Å². The summed E-state index contributed by atoms with van der Waals surface area (Å²) in [6.45, 7) is 2.05. The lowest BCUT2D eigenvalue weighted by molar-refractivity contribution is -0.114. The van der Waals surface area contributed by atoms with Crippen LogP contribution in [-0.2, 0) is 11.2 Å². The number of ketones is 1. The number of rotatable bonds is 9. The van der Waals surface area contributed by atoms with Crippen LogP contribution in [0.25, 0.3) is 0 Å². The van der Waals surface area contributed by atoms with Crippen LogP contribution in [0.2, 0.25) is 5.02 Å². The van der Waals surface area contributed by atoms with Crippen molar-refractivity contribution in [2.45, 2.75) is 39.0 Å². The van der Waals surface area contributed by atoms with E-state index in [1.165, 1.54) is 24.2 Å². The number of nitrogens with two attached hydrogens (primary N) is 1. The van der Waals surface area contributed by atoms with Crippen molar-refractivity contribution in [2.24, 2.45) is 5.73 Å². The molecule has 3 N–H and O–H groups in total. The molecule has 0 aliphatic heterocycles. The highest BCUT2D eigenvalue weighted by Crippen LogP contribution is 2.32. The molecule has 0 bridgehead atoms. The lowest BCUT2D eigenvalue weighted by atomic mass is 10.0. The molecule has 0 saturated carbocycles. The van der Waals surface area contributed by atoms with Crippen molar-refractivity contribution in [1.82, 2.24) is 0 Å². The van der Waals surface area contributed by atoms with E-state index in [0.717, 1.165) is 24.1 Å². The van der Waals surface area contributed by atoms with Crippen LogP contribution in [-0.4, -0.2) is 18.2 Å². The number of anilines is 1. The van der Waals surface area contributed by atoms with E-state index in [1.807, 2.05) is 6.07 Å². The molecule has 0 spiro atoms. The van der Waals surface area contributed by atoms with Crippen LogP contribution < -0.4 is 11.1 Å². The third-order valence-electron chi connectivity index (χ3n) is 3.86. The van der Waals surface area contributed by atoms with Crippen LogP contribution >= 0.6 is 22.9 Å². The van der Waals surface area contributed by atoms with E-state index in [-0.39, 0.29) is 18.2 Å². The molecule has 1 amide bonds. The molecule has 0 aliphatic carbocycles. The summed E-state index contributed by atoms with van der Waals surface area (Å²) in [5.74, 6) is -0.499. The van der Waals surface area contributed by atoms with Crippen molar-refractivity contribution >= 4 is 39.6 Å². The molecule has 0 unspecified atom stereocenters. The molecule has 1 aromatic heterocycles. The van der Waals surface area contributed by atoms with Gasteiger partial charge in [0.25, 0.3) is 0 Å². The minimum absolute atomic E-state index is 0.122. The summed E-state index contributed by atoms with van der Waals surface area (Å²) >= 11 is 7.59. The largest absolute Gasteiger partial charge is 0.322 e. The molecule has 0 atom stereocenters. The Labute approximate surface area is 157 Å². The number of hydrogen-bond donors (Lipinski definition) is 2. The van der Waals surface area contributed by atoms with Gasteiger partial charge in [0.1, 0.15) is 5.00 Å². The maximum absolute atomic E-state index is 12.9. The number of aryl methyl sites for hydroxylation is 1. The molecule has 0 fully saturated rings. The zero-order valence-corrected chi connectivity index (χ0v) is 15.9. The van der Waals surface area contributed by atoms with Crippen LogP contribution in [0.5, 0.6) is 0 Å². The van der Waals surface area contributed by atoms with Crippen molar-refractivity contribution in [3.63, 3.8) is 0 Å². The molecule has 0 aliphatic rings. The predicted molar refractivity (Wildman–Crippen MR) is 105 cm³/mol. The second-order valence-electron chi connectivity index (χ2n) is 5.83. The van der Waals surface area contributed by atoms with E-state index in [4.69, 9.17) is 17.3 Å². The van der Waals surface area contributed by atoms with Crippen molar-refractivity contribution in [3.8, 4) is 0 Å². The lowest BCUT2D eigenvalue weighted by Gasteiger charge is -2.05. The van der Waals surface area contributed by atoms with Gasteiger partial charge in [-0.2, -0.15) is 0 Å². The average Bonchev–Trinajstić information content (AvgIpc) is 3.01. The van der Waals surface area contributed by atoms with Crippen molar-refractivity contribution in [3.05, 3.63) is 51.4 Å². The molecule has 25 heavy (non-hydrogen) atoms. The van der Waals surface area contributed by atoms with Gasteiger partial charge in [-0.15, -0.1) is 11.3 Å². The average molecular weight is 379 g/mol. The first-order valence-electron chi connectivity index (χ1n) is 8.48. The summed E-state index contributed by atoms with van der Waals surface area (Å²) in [6.07, 6.45) is 5.50. The SMILES string of the molecule is CCCCCCc1cc(C(=O)c2ccccc2Cl)c(NC(=O)CN)s1. The van der Waals surface area contributed by atoms with Crippen LogP contribution in [0.15, 0.2) is 30.3 Å². The Morgan fingerprint density at radius 3 is 2.60 bits per heavy atom. The number of amides is 1. The molecule has 2 aromatic rings. The minimum Gasteiger partial charge on any atom is -0.322 e. The highest BCUT2D eigenvalue weighted by atomic mass is 35.5. The van der Waals surface area contributed by atoms with E-state index < -0.39 is 0 Å². The van der Waals surface area contributed by atoms with Gasteiger partial charge in [-0.25, -0.2) is 0 Å². The Morgan fingerprint density at radius 2 is 1.92 bits per heavy atom. The maximum atomic E-state index is 12.9. The number of carbonyl (C=O) groups is 2. The molecular weight excluding hydrogens is 356 g/mol. The third-order valence-corrected chi connectivity index (χ3v) is 5.30. The summed E-state index contributed by atoms with van der Waals surface area (Å²) in [6, 6.07) is 8.80. The van der Waals surface area contributed by atoms with Gasteiger partial charge in [0, 0.05) is 10.4 Å². The summed E-state index contributed by atoms with van der Waals surface area (Å²) < 4.78 is 0. The molecule has 1 heterocycles. The summed E-state index contributed by atoms with van der Waals surface area (Å²) in [4.78, 5) is 25.7. The fraction of sp³-hybridized carbons (Fsp3) is 0.368. The van der Waals surface area contributed by atoms with E-state index in [9.17, 15) is 9.59 Å². The highest BCUT2D eigenvalue weighted by molar-refractivity contribution is 7.16. The number of halogens is 1. The number of thiophene rings is 1. The molecule has 4 nitrogen and oxygen atoms in total. The third kappa shape index (κ3) is 5.39. The van der Waals surface area contributed by atoms with Gasteiger partial charge in [0.2, 0.25) is 5.91 Å². The Balaban J connectivity index is 2.27. The fourth-order valence-electron chi connectivity index (χ4n) is 2.52. The second kappa shape index (κ2) is 9.70. The first-order valence-corrected chi connectivity index (χ1v) is 9.68. The predicted octanol–water partition coefficient (Wildman–Crippen LogP) is 4.65.